The zero-order chi connectivity index (χ0) is 14.6. The summed E-state index contributed by atoms with van der Waals surface area (Å²) in [6, 6.07) is 15.2. The summed E-state index contributed by atoms with van der Waals surface area (Å²) in [6.45, 7) is 4.03. The average molecular weight is 290 g/mol. The third-order valence-electron chi connectivity index (χ3n) is 3.02. The highest BCUT2D eigenvalue weighted by molar-refractivity contribution is 7.70. The second-order valence-corrected chi connectivity index (χ2v) is 8.20. The molecule has 0 atom stereocenters. The molecule has 4 heteroatoms. The molecule has 20 heavy (non-hydrogen) atoms. The normalized spacial score (nSPS) is 11.2. The van der Waals surface area contributed by atoms with E-state index in [0.29, 0.717) is 6.61 Å². The maximum atomic E-state index is 11.9. The number of benzene rings is 2. The fraction of sp³-hybridized carbons (Fsp3) is 0.250. The molecule has 0 aromatic heterocycles. The average Bonchev–Trinajstić information content (AvgIpc) is 2.45. The third kappa shape index (κ3) is 3.88. The quantitative estimate of drug-likeness (QED) is 0.790. The fourth-order valence-electron chi connectivity index (χ4n) is 1.79. The molecule has 0 fully saturated rings. The smallest absolute Gasteiger partial charge is 0.119 e. The molecular formula is C16H19O3P. The van der Waals surface area contributed by atoms with Gasteiger partial charge < -0.3 is 14.0 Å². The topological polar surface area (TPSA) is 35.5 Å². The molecule has 3 nitrogen and oxygen atoms in total. The summed E-state index contributed by atoms with van der Waals surface area (Å²) in [5.74, 6) is 1.61. The van der Waals surface area contributed by atoms with E-state index in [-0.39, 0.29) is 0 Å². The Morgan fingerprint density at radius 3 is 1.95 bits per heavy atom. The zero-order valence-electron chi connectivity index (χ0n) is 12.0. The maximum absolute atomic E-state index is 11.9. The monoisotopic (exact) mass is 290 g/mol. The van der Waals surface area contributed by atoms with E-state index in [1.807, 2.05) is 48.5 Å². The number of methoxy groups -OCH3 is 1. The van der Waals surface area contributed by atoms with Gasteiger partial charge in [0.25, 0.3) is 0 Å². The van der Waals surface area contributed by atoms with Crippen molar-refractivity contribution < 1.29 is 14.0 Å². The van der Waals surface area contributed by atoms with Crippen LogP contribution in [0.3, 0.4) is 0 Å². The first-order valence-corrected chi connectivity index (χ1v) is 9.00. The van der Waals surface area contributed by atoms with Crippen LogP contribution in [0.2, 0.25) is 0 Å². The predicted octanol–water partition coefficient (Wildman–Crippen LogP) is 3.52. The van der Waals surface area contributed by atoms with Crippen molar-refractivity contribution in [3.05, 3.63) is 54.1 Å². The van der Waals surface area contributed by atoms with E-state index in [2.05, 4.69) is 0 Å². The number of rotatable bonds is 5. The highest BCUT2D eigenvalue weighted by Crippen LogP contribution is 2.34. The molecular weight excluding hydrogens is 271 g/mol. The molecule has 0 N–H and O–H groups in total. The van der Waals surface area contributed by atoms with Gasteiger partial charge in [0, 0.05) is 5.30 Å². The molecule has 0 bridgehead atoms. The summed E-state index contributed by atoms with van der Waals surface area (Å²) >= 11 is 0. The fourth-order valence-corrected chi connectivity index (χ4v) is 2.66. The van der Waals surface area contributed by atoms with Crippen molar-refractivity contribution in [1.82, 2.24) is 0 Å². The van der Waals surface area contributed by atoms with Gasteiger partial charge in [-0.3, -0.25) is 0 Å². The molecule has 0 aliphatic rings. The van der Waals surface area contributed by atoms with Crippen molar-refractivity contribution in [1.29, 1.82) is 0 Å². The van der Waals surface area contributed by atoms with Crippen LogP contribution in [0, 0.1) is 0 Å². The van der Waals surface area contributed by atoms with E-state index in [4.69, 9.17) is 9.47 Å². The maximum Gasteiger partial charge on any atom is 0.119 e. The molecule has 2 rings (SSSR count). The van der Waals surface area contributed by atoms with Crippen LogP contribution in [-0.4, -0.2) is 20.4 Å². The summed E-state index contributed by atoms with van der Waals surface area (Å²) in [6.07, 6.45) is 0. The molecule has 2 aromatic rings. The molecule has 0 spiro atoms. The van der Waals surface area contributed by atoms with Crippen molar-refractivity contribution in [2.45, 2.75) is 6.61 Å². The van der Waals surface area contributed by atoms with Gasteiger partial charge in [0.05, 0.1) is 7.11 Å². The predicted molar refractivity (Wildman–Crippen MR) is 82.9 cm³/mol. The van der Waals surface area contributed by atoms with Gasteiger partial charge in [0.1, 0.15) is 25.2 Å². The van der Waals surface area contributed by atoms with Gasteiger partial charge in [-0.25, -0.2) is 0 Å². The molecule has 0 unspecified atom stereocenters. The Hall–Kier alpha value is -1.73. The van der Waals surface area contributed by atoms with Crippen molar-refractivity contribution in [3.8, 4) is 11.5 Å². The van der Waals surface area contributed by atoms with Gasteiger partial charge in [-0.15, -0.1) is 0 Å². The van der Waals surface area contributed by atoms with E-state index < -0.39 is 7.14 Å². The van der Waals surface area contributed by atoms with Gasteiger partial charge in [0.2, 0.25) is 0 Å². The molecule has 0 aliphatic carbocycles. The lowest BCUT2D eigenvalue weighted by atomic mass is 10.2. The molecule has 0 heterocycles. The lowest BCUT2D eigenvalue weighted by Gasteiger charge is -2.10. The van der Waals surface area contributed by atoms with Gasteiger partial charge in [0.15, 0.2) is 0 Å². The van der Waals surface area contributed by atoms with E-state index in [0.717, 1.165) is 22.4 Å². The first-order valence-electron chi connectivity index (χ1n) is 6.40. The standard InChI is InChI=1S/C16H19O3P/c1-18-14-6-4-13(5-7-14)12-19-15-8-10-16(11-9-15)20(2,3)17/h4-11H,12H2,1-3H3. The summed E-state index contributed by atoms with van der Waals surface area (Å²) in [7, 11) is -0.547. The van der Waals surface area contributed by atoms with E-state index in [1.165, 1.54) is 0 Å². The van der Waals surface area contributed by atoms with Gasteiger partial charge in [-0.2, -0.15) is 0 Å². The Labute approximate surface area is 119 Å². The van der Waals surface area contributed by atoms with Crippen LogP contribution in [0.5, 0.6) is 11.5 Å². The second-order valence-electron chi connectivity index (χ2n) is 4.98. The van der Waals surface area contributed by atoms with Crippen molar-refractivity contribution in [3.63, 3.8) is 0 Å². The van der Waals surface area contributed by atoms with E-state index in [9.17, 15) is 4.57 Å². The molecule has 2 aromatic carbocycles. The van der Waals surface area contributed by atoms with Crippen LogP contribution in [0.4, 0.5) is 0 Å². The molecule has 0 radical (unpaired) electrons. The highest BCUT2D eigenvalue weighted by atomic mass is 31.2. The van der Waals surface area contributed by atoms with Gasteiger partial charge in [-0.05, 0) is 55.3 Å². The first-order chi connectivity index (χ1) is 9.49. The second kappa shape index (κ2) is 6.15. The minimum atomic E-state index is -2.19. The molecule has 0 amide bonds. The van der Waals surface area contributed by atoms with Crippen molar-refractivity contribution in [2.75, 3.05) is 20.4 Å². The van der Waals surface area contributed by atoms with Crippen LogP contribution in [0.1, 0.15) is 5.56 Å². The highest BCUT2D eigenvalue weighted by Gasteiger charge is 2.10. The van der Waals surface area contributed by atoms with Crippen LogP contribution >= 0.6 is 7.14 Å². The Morgan fingerprint density at radius 1 is 0.900 bits per heavy atom. The van der Waals surface area contributed by atoms with Crippen LogP contribution in [0.15, 0.2) is 48.5 Å². The Bertz CT molecular complexity index is 597. The lowest BCUT2D eigenvalue weighted by Crippen LogP contribution is -2.02. The van der Waals surface area contributed by atoms with Gasteiger partial charge in [-0.1, -0.05) is 12.1 Å². The minimum Gasteiger partial charge on any atom is -0.497 e. The summed E-state index contributed by atoms with van der Waals surface area (Å²) in [5.41, 5.74) is 1.08. The number of hydrogen-bond donors (Lipinski definition) is 0. The lowest BCUT2D eigenvalue weighted by molar-refractivity contribution is 0.306. The molecule has 106 valence electrons. The first kappa shape index (κ1) is 14.7. The summed E-state index contributed by atoms with van der Waals surface area (Å²) in [4.78, 5) is 0. The summed E-state index contributed by atoms with van der Waals surface area (Å²) in [5, 5.41) is 0.870. The largest absolute Gasteiger partial charge is 0.497 e. The summed E-state index contributed by atoms with van der Waals surface area (Å²) < 4.78 is 22.7. The van der Waals surface area contributed by atoms with Crippen molar-refractivity contribution >= 4 is 12.4 Å². The molecule has 0 saturated carbocycles. The molecule has 0 aliphatic heterocycles. The van der Waals surface area contributed by atoms with Crippen LogP contribution in [0.25, 0.3) is 0 Å². The number of hydrogen-bond acceptors (Lipinski definition) is 3. The van der Waals surface area contributed by atoms with Crippen molar-refractivity contribution in [2.24, 2.45) is 0 Å². The third-order valence-corrected chi connectivity index (χ3v) is 4.56. The van der Waals surface area contributed by atoms with E-state index in [1.54, 1.807) is 20.4 Å². The minimum absolute atomic E-state index is 0.499. The SMILES string of the molecule is COc1ccc(COc2ccc(P(C)(C)=O)cc2)cc1. The van der Waals surface area contributed by atoms with E-state index >= 15 is 0 Å². The Morgan fingerprint density at radius 2 is 1.45 bits per heavy atom. The number of ether oxygens (including phenoxy) is 2. The molecule has 0 saturated heterocycles. The van der Waals surface area contributed by atoms with Crippen LogP contribution < -0.4 is 14.8 Å². The zero-order valence-corrected chi connectivity index (χ0v) is 12.9. The Kier molecular flexibility index (Phi) is 4.51. The van der Waals surface area contributed by atoms with Gasteiger partial charge >= 0.3 is 0 Å². The Balaban J connectivity index is 1.98. The van der Waals surface area contributed by atoms with Crippen LogP contribution in [-0.2, 0) is 11.2 Å².